The van der Waals surface area contributed by atoms with Crippen LogP contribution in [0.15, 0.2) is 29.8 Å². The number of esters is 2. The van der Waals surface area contributed by atoms with Crippen molar-refractivity contribution in [3.05, 3.63) is 62.0 Å². The van der Waals surface area contributed by atoms with Gasteiger partial charge in [-0.3, -0.25) is 4.79 Å². The van der Waals surface area contributed by atoms with Gasteiger partial charge in [0.05, 0.1) is 24.4 Å². The van der Waals surface area contributed by atoms with Crippen LogP contribution in [0.3, 0.4) is 0 Å². The molecule has 34 heavy (non-hydrogen) atoms. The fraction of sp³-hybridized carbons (Fsp3) is 0.308. The molecule has 0 unspecified atom stereocenters. The van der Waals surface area contributed by atoms with Crippen molar-refractivity contribution in [2.75, 3.05) is 13.2 Å². The molecule has 0 aliphatic rings. The van der Waals surface area contributed by atoms with Crippen LogP contribution in [0, 0.1) is 25.2 Å². The molecule has 0 bridgehead atoms. The van der Waals surface area contributed by atoms with Gasteiger partial charge < -0.3 is 14.0 Å². The molecule has 3 aromatic rings. The summed E-state index contributed by atoms with van der Waals surface area (Å²) in [4.78, 5) is 38.8. The Hall–Kier alpha value is -3.70. The van der Waals surface area contributed by atoms with Crippen LogP contribution in [0.4, 0.5) is 0 Å². The van der Waals surface area contributed by atoms with E-state index >= 15 is 0 Å². The topological polar surface area (TPSA) is 98.4 Å². The first-order valence-corrected chi connectivity index (χ1v) is 11.7. The number of fused-ring (bicyclic) bond motifs is 1. The van der Waals surface area contributed by atoms with E-state index in [9.17, 15) is 19.6 Å². The molecule has 0 aliphatic carbocycles. The van der Waals surface area contributed by atoms with E-state index in [0.717, 1.165) is 33.5 Å². The number of allylic oxidation sites excluding steroid dienone is 1. The summed E-state index contributed by atoms with van der Waals surface area (Å²) in [6, 6.07) is 9.77. The van der Waals surface area contributed by atoms with Gasteiger partial charge in [-0.2, -0.15) is 5.26 Å². The molecule has 0 saturated carbocycles. The van der Waals surface area contributed by atoms with Crippen molar-refractivity contribution < 1.29 is 23.9 Å². The molecule has 0 N–H and O–H groups in total. The second-order valence-corrected chi connectivity index (χ2v) is 8.75. The molecular weight excluding hydrogens is 452 g/mol. The number of hydrogen-bond acceptors (Lipinski definition) is 7. The number of hydrogen-bond donors (Lipinski definition) is 0. The van der Waals surface area contributed by atoms with Crippen LogP contribution in [0.5, 0.6) is 0 Å². The molecule has 2 aromatic heterocycles. The van der Waals surface area contributed by atoms with E-state index in [1.807, 2.05) is 48.9 Å². The molecular formula is C26H26N2O5S. The first-order chi connectivity index (χ1) is 16.2. The Morgan fingerprint density at radius 2 is 1.74 bits per heavy atom. The lowest BCUT2D eigenvalue weighted by Gasteiger charge is -2.05. The van der Waals surface area contributed by atoms with Gasteiger partial charge in [-0.05, 0) is 45.4 Å². The molecule has 0 saturated heterocycles. The fourth-order valence-electron chi connectivity index (χ4n) is 3.85. The summed E-state index contributed by atoms with van der Waals surface area (Å²) in [7, 11) is 1.93. The van der Waals surface area contributed by atoms with Crippen molar-refractivity contribution in [2.24, 2.45) is 7.05 Å². The summed E-state index contributed by atoms with van der Waals surface area (Å²) in [5, 5.41) is 10.7. The highest BCUT2D eigenvalue weighted by molar-refractivity contribution is 7.14. The molecule has 1 aromatic carbocycles. The van der Waals surface area contributed by atoms with E-state index in [4.69, 9.17) is 9.47 Å². The highest BCUT2D eigenvalue weighted by atomic mass is 32.1. The number of ketones is 1. The SMILES string of the molecule is CCOC(=O)c1sc(CC(=O)/C(C#N)=C/c2c(C)n(C)c3ccccc23)c(C(=O)OCC)c1C. The van der Waals surface area contributed by atoms with Crippen molar-refractivity contribution in [1.29, 1.82) is 5.26 Å². The molecule has 0 radical (unpaired) electrons. The van der Waals surface area contributed by atoms with Crippen molar-refractivity contribution in [3.63, 3.8) is 0 Å². The zero-order chi connectivity index (χ0) is 25.0. The highest BCUT2D eigenvalue weighted by Gasteiger charge is 2.28. The molecule has 8 heteroatoms. The Morgan fingerprint density at radius 1 is 1.09 bits per heavy atom. The van der Waals surface area contributed by atoms with Crippen LogP contribution in [0.25, 0.3) is 17.0 Å². The number of carbonyl (C=O) groups excluding carboxylic acids is 3. The van der Waals surface area contributed by atoms with Gasteiger partial charge in [0, 0.05) is 40.5 Å². The van der Waals surface area contributed by atoms with Gasteiger partial charge in [-0.1, -0.05) is 18.2 Å². The fourth-order valence-corrected chi connectivity index (χ4v) is 5.04. The predicted molar refractivity (Wildman–Crippen MR) is 131 cm³/mol. The maximum atomic E-state index is 13.2. The van der Waals surface area contributed by atoms with Gasteiger partial charge >= 0.3 is 11.9 Å². The molecule has 2 heterocycles. The molecule has 0 aliphatic heterocycles. The van der Waals surface area contributed by atoms with Crippen LogP contribution in [-0.2, 0) is 27.7 Å². The van der Waals surface area contributed by atoms with Crippen molar-refractivity contribution in [1.82, 2.24) is 4.57 Å². The number of rotatable bonds is 8. The van der Waals surface area contributed by atoms with Crippen molar-refractivity contribution >= 4 is 46.0 Å². The van der Waals surface area contributed by atoms with Gasteiger partial charge in [-0.15, -0.1) is 11.3 Å². The number of aryl methyl sites for hydroxylation is 1. The molecule has 7 nitrogen and oxygen atoms in total. The summed E-state index contributed by atoms with van der Waals surface area (Å²) >= 11 is 1.02. The lowest BCUT2D eigenvalue weighted by molar-refractivity contribution is -0.114. The standard InChI is InChI=1S/C26H26N2O5S/c1-6-32-25(30)23-15(3)24(26(31)33-7-2)34-22(23)13-21(29)17(14-27)12-19-16(4)28(5)20-11-9-8-10-18(19)20/h8-12H,6-7,13H2,1-5H3/b17-12+. The quantitative estimate of drug-likeness (QED) is 0.259. The number of Topliss-reactive ketones (excluding diaryl/α,β-unsaturated/α-hetero) is 1. The number of carbonyl (C=O) groups is 3. The van der Waals surface area contributed by atoms with E-state index in [-0.39, 0.29) is 35.6 Å². The van der Waals surface area contributed by atoms with Crippen LogP contribution in [0.2, 0.25) is 0 Å². The van der Waals surface area contributed by atoms with Gasteiger partial charge in [0.25, 0.3) is 0 Å². The summed E-state index contributed by atoms with van der Waals surface area (Å²) in [6.07, 6.45) is 1.39. The second-order valence-electron chi connectivity index (χ2n) is 7.64. The maximum Gasteiger partial charge on any atom is 0.348 e. The lowest BCUT2D eigenvalue weighted by atomic mass is 10.0. The number of thiophene rings is 1. The minimum absolute atomic E-state index is 0.0296. The minimum Gasteiger partial charge on any atom is -0.462 e. The average molecular weight is 479 g/mol. The minimum atomic E-state index is -0.609. The molecule has 0 amide bonds. The summed E-state index contributed by atoms with van der Waals surface area (Å²) in [6.45, 7) is 7.27. The number of ether oxygens (including phenoxy) is 2. The summed E-state index contributed by atoms with van der Waals surface area (Å²) < 4.78 is 12.3. The lowest BCUT2D eigenvalue weighted by Crippen LogP contribution is -2.12. The van der Waals surface area contributed by atoms with E-state index in [2.05, 4.69) is 0 Å². The number of para-hydroxylation sites is 1. The summed E-state index contributed by atoms with van der Waals surface area (Å²) in [5.74, 6) is -1.62. The Labute approximate surface area is 202 Å². The first kappa shape index (κ1) is 24.9. The Bertz CT molecular complexity index is 1350. The van der Waals surface area contributed by atoms with E-state index < -0.39 is 17.7 Å². The van der Waals surface area contributed by atoms with E-state index in [1.54, 1.807) is 26.8 Å². The Balaban J connectivity index is 2.04. The van der Waals surface area contributed by atoms with E-state index in [1.165, 1.54) is 0 Å². The zero-order valence-corrected chi connectivity index (χ0v) is 20.7. The average Bonchev–Trinajstić information content (AvgIpc) is 3.26. The zero-order valence-electron chi connectivity index (χ0n) is 19.9. The van der Waals surface area contributed by atoms with Crippen LogP contribution >= 0.6 is 11.3 Å². The van der Waals surface area contributed by atoms with Gasteiger partial charge in [0.1, 0.15) is 10.9 Å². The largest absolute Gasteiger partial charge is 0.462 e. The number of aromatic nitrogens is 1. The smallest absolute Gasteiger partial charge is 0.348 e. The molecule has 0 fully saturated rings. The predicted octanol–water partition coefficient (Wildman–Crippen LogP) is 4.93. The monoisotopic (exact) mass is 478 g/mol. The van der Waals surface area contributed by atoms with Gasteiger partial charge in [0.15, 0.2) is 5.78 Å². The number of benzene rings is 1. The van der Waals surface area contributed by atoms with Gasteiger partial charge in [-0.25, -0.2) is 9.59 Å². The highest BCUT2D eigenvalue weighted by Crippen LogP contribution is 2.32. The maximum absolute atomic E-state index is 13.2. The number of nitrogens with zero attached hydrogens (tertiary/aromatic N) is 2. The van der Waals surface area contributed by atoms with Crippen LogP contribution in [-0.4, -0.2) is 35.5 Å². The Morgan fingerprint density at radius 3 is 2.38 bits per heavy atom. The van der Waals surface area contributed by atoms with Gasteiger partial charge in [0.2, 0.25) is 0 Å². The molecule has 0 atom stereocenters. The van der Waals surface area contributed by atoms with E-state index in [0.29, 0.717) is 10.4 Å². The van der Waals surface area contributed by atoms with Crippen LogP contribution in [0.1, 0.15) is 55.6 Å². The number of nitriles is 1. The van der Waals surface area contributed by atoms with Crippen molar-refractivity contribution in [3.8, 4) is 6.07 Å². The third-order valence-electron chi connectivity index (χ3n) is 5.64. The molecule has 0 spiro atoms. The van der Waals surface area contributed by atoms with Crippen molar-refractivity contribution in [2.45, 2.75) is 34.1 Å². The second kappa shape index (κ2) is 10.5. The first-order valence-electron chi connectivity index (χ1n) is 10.9. The van der Waals surface area contributed by atoms with Crippen LogP contribution < -0.4 is 0 Å². The Kier molecular flexibility index (Phi) is 7.69. The molecule has 3 rings (SSSR count). The summed E-state index contributed by atoms with van der Waals surface area (Å²) in [5.41, 5.74) is 3.28. The molecule has 176 valence electrons. The third kappa shape index (κ3) is 4.66. The third-order valence-corrected chi connectivity index (χ3v) is 6.91. The normalized spacial score (nSPS) is 11.4.